The third-order valence-electron chi connectivity index (χ3n) is 6.75. The minimum absolute atomic E-state index is 0.0256. The van der Waals surface area contributed by atoms with E-state index in [9.17, 15) is 19.2 Å². The molecule has 1 saturated heterocycles. The number of carbonyl (C=O) groups excluding carboxylic acids is 4. The van der Waals surface area contributed by atoms with Gasteiger partial charge < -0.3 is 4.74 Å². The van der Waals surface area contributed by atoms with Crippen LogP contribution in [-0.4, -0.2) is 41.6 Å². The van der Waals surface area contributed by atoms with Gasteiger partial charge in [0.1, 0.15) is 0 Å². The minimum atomic E-state index is -0.580. The van der Waals surface area contributed by atoms with Crippen molar-refractivity contribution in [2.45, 2.75) is 12.8 Å². The van der Waals surface area contributed by atoms with Gasteiger partial charge in [-0.15, -0.1) is 0 Å². The molecular weight excluding hydrogens is 358 g/mol. The van der Waals surface area contributed by atoms with Gasteiger partial charge in [0.2, 0.25) is 11.8 Å². The van der Waals surface area contributed by atoms with Gasteiger partial charge >= 0.3 is 5.97 Å². The molecule has 1 aliphatic heterocycles. The SMILES string of the molecule is O=C(CCN1C(=O)[C@@H]2[C@@H]3C=C[C@H]([C@H]4C[C@H]34)[C@@H]2C1=O)OCC(=O)c1ccccc1. The molecule has 5 aliphatic rings. The van der Waals surface area contributed by atoms with Crippen molar-refractivity contribution in [1.82, 2.24) is 4.90 Å². The molecule has 2 saturated carbocycles. The zero-order valence-electron chi connectivity index (χ0n) is 15.3. The van der Waals surface area contributed by atoms with Gasteiger partial charge in [0, 0.05) is 12.1 Å². The third-order valence-corrected chi connectivity index (χ3v) is 6.75. The van der Waals surface area contributed by atoms with E-state index in [1.807, 2.05) is 0 Å². The third kappa shape index (κ3) is 2.62. The molecule has 0 radical (unpaired) electrons. The highest BCUT2D eigenvalue weighted by Gasteiger charge is 2.66. The molecule has 6 heteroatoms. The van der Waals surface area contributed by atoms with Gasteiger partial charge in [0.15, 0.2) is 12.4 Å². The molecule has 6 atom stereocenters. The van der Waals surface area contributed by atoms with E-state index < -0.39 is 5.97 Å². The molecule has 4 aliphatic carbocycles. The molecule has 1 aromatic carbocycles. The summed E-state index contributed by atoms with van der Waals surface area (Å²) in [5.41, 5.74) is 0.478. The topological polar surface area (TPSA) is 80.8 Å². The van der Waals surface area contributed by atoms with Crippen LogP contribution in [0.25, 0.3) is 0 Å². The normalized spacial score (nSPS) is 34.2. The van der Waals surface area contributed by atoms with Gasteiger partial charge in [-0.05, 0) is 30.1 Å². The number of Topliss-reactive ketones (excluding diaryl/α,β-unsaturated/α-hetero) is 1. The molecule has 0 N–H and O–H groups in total. The number of carbonyl (C=O) groups is 4. The number of esters is 1. The highest BCUT2D eigenvalue weighted by molar-refractivity contribution is 6.06. The molecular formula is C22H21NO5. The number of nitrogens with zero attached hydrogens (tertiary/aromatic N) is 1. The maximum Gasteiger partial charge on any atom is 0.308 e. The fourth-order valence-corrected chi connectivity index (χ4v) is 5.37. The molecule has 6 nitrogen and oxygen atoms in total. The fraction of sp³-hybridized carbons (Fsp3) is 0.455. The zero-order chi connectivity index (χ0) is 19.4. The Morgan fingerprint density at radius 1 is 0.964 bits per heavy atom. The second-order valence-electron chi connectivity index (χ2n) is 8.18. The number of rotatable bonds is 6. The number of hydrogen-bond donors (Lipinski definition) is 0. The Hall–Kier alpha value is -2.76. The lowest BCUT2D eigenvalue weighted by molar-refractivity contribution is -0.145. The Morgan fingerprint density at radius 2 is 1.57 bits per heavy atom. The van der Waals surface area contributed by atoms with Gasteiger partial charge in [-0.25, -0.2) is 0 Å². The Balaban J connectivity index is 1.16. The molecule has 28 heavy (non-hydrogen) atoms. The Bertz CT molecular complexity index is 855. The van der Waals surface area contributed by atoms with Crippen LogP contribution in [0.2, 0.25) is 0 Å². The molecule has 6 rings (SSSR count). The highest BCUT2D eigenvalue weighted by atomic mass is 16.5. The number of ether oxygens (including phenoxy) is 1. The molecule has 1 heterocycles. The van der Waals surface area contributed by atoms with Crippen LogP contribution >= 0.6 is 0 Å². The van der Waals surface area contributed by atoms with Crippen LogP contribution < -0.4 is 0 Å². The van der Waals surface area contributed by atoms with E-state index in [4.69, 9.17) is 4.74 Å². The van der Waals surface area contributed by atoms with Crippen LogP contribution in [0.4, 0.5) is 0 Å². The standard InChI is InChI=1S/C22H21NO5/c24-17(12-4-2-1-3-5-12)11-28-18(25)8-9-23-21(26)19-13-6-7-14(16-10-15(13)16)20(19)22(23)27/h1-7,13-16,19-20H,8-11H2/t13-,14-,15-,16-,19-,20+/m1/s1. The zero-order valence-corrected chi connectivity index (χ0v) is 15.3. The van der Waals surface area contributed by atoms with Crippen LogP contribution in [0, 0.1) is 35.5 Å². The summed E-state index contributed by atoms with van der Waals surface area (Å²) < 4.78 is 5.04. The van der Waals surface area contributed by atoms with E-state index in [1.165, 1.54) is 4.90 Å². The Morgan fingerprint density at radius 3 is 2.18 bits per heavy atom. The summed E-state index contributed by atoms with van der Waals surface area (Å²) in [7, 11) is 0. The van der Waals surface area contributed by atoms with E-state index >= 15 is 0 Å². The molecule has 144 valence electrons. The summed E-state index contributed by atoms with van der Waals surface area (Å²) in [5.74, 6) is -0.180. The van der Waals surface area contributed by atoms with E-state index in [0.29, 0.717) is 17.4 Å². The maximum atomic E-state index is 12.8. The van der Waals surface area contributed by atoms with Crippen LogP contribution in [0.3, 0.4) is 0 Å². The van der Waals surface area contributed by atoms with Crippen LogP contribution in [0.5, 0.6) is 0 Å². The minimum Gasteiger partial charge on any atom is -0.457 e. The molecule has 3 fully saturated rings. The van der Waals surface area contributed by atoms with E-state index in [1.54, 1.807) is 30.3 Å². The van der Waals surface area contributed by atoms with Crippen molar-refractivity contribution in [3.8, 4) is 0 Å². The summed E-state index contributed by atoms with van der Waals surface area (Å²) in [6, 6.07) is 8.60. The van der Waals surface area contributed by atoms with Crippen molar-refractivity contribution in [1.29, 1.82) is 0 Å². The highest BCUT2D eigenvalue weighted by Crippen LogP contribution is 2.65. The van der Waals surface area contributed by atoms with Gasteiger partial charge in [-0.2, -0.15) is 0 Å². The predicted octanol–water partition coefficient (Wildman–Crippen LogP) is 1.86. The summed E-state index contributed by atoms with van der Waals surface area (Å²) in [6.45, 7) is -0.314. The smallest absolute Gasteiger partial charge is 0.308 e. The number of amides is 2. The van der Waals surface area contributed by atoms with Crippen LogP contribution in [0.15, 0.2) is 42.5 Å². The van der Waals surface area contributed by atoms with Crippen LogP contribution in [0.1, 0.15) is 23.2 Å². The van der Waals surface area contributed by atoms with E-state index in [-0.39, 0.29) is 60.8 Å². The predicted molar refractivity (Wildman–Crippen MR) is 97.8 cm³/mol. The van der Waals surface area contributed by atoms with Crippen molar-refractivity contribution in [2.24, 2.45) is 35.5 Å². The van der Waals surface area contributed by atoms with Gasteiger partial charge in [0.05, 0.1) is 18.3 Å². The number of allylic oxidation sites excluding steroid dienone is 2. The average Bonchev–Trinajstić information content (AvgIpc) is 3.50. The quantitative estimate of drug-likeness (QED) is 0.326. The largest absolute Gasteiger partial charge is 0.457 e. The van der Waals surface area contributed by atoms with Crippen molar-refractivity contribution >= 4 is 23.6 Å². The second kappa shape index (κ2) is 6.40. The number of hydrogen-bond acceptors (Lipinski definition) is 5. The number of benzene rings is 1. The summed E-state index contributed by atoms with van der Waals surface area (Å²) in [4.78, 5) is 50.9. The first-order valence-electron chi connectivity index (χ1n) is 9.83. The Kier molecular flexibility index (Phi) is 3.96. The van der Waals surface area contributed by atoms with Gasteiger partial charge in [0.25, 0.3) is 0 Å². The summed E-state index contributed by atoms with van der Waals surface area (Å²) >= 11 is 0. The molecule has 2 amide bonds. The molecule has 0 unspecified atom stereocenters. The lowest BCUT2D eigenvalue weighted by Crippen LogP contribution is -2.40. The first kappa shape index (κ1) is 17.3. The first-order chi connectivity index (χ1) is 13.6. The van der Waals surface area contributed by atoms with Crippen LogP contribution in [-0.2, 0) is 19.1 Å². The summed E-state index contributed by atoms with van der Waals surface area (Å²) in [6.07, 6.45) is 5.28. The van der Waals surface area contributed by atoms with Gasteiger partial charge in [-0.3, -0.25) is 24.1 Å². The van der Waals surface area contributed by atoms with Crippen molar-refractivity contribution < 1.29 is 23.9 Å². The number of likely N-dealkylation sites (tertiary alicyclic amines) is 1. The fourth-order valence-electron chi connectivity index (χ4n) is 5.37. The number of ketones is 1. The Labute approximate surface area is 162 Å². The molecule has 2 bridgehead atoms. The van der Waals surface area contributed by atoms with Crippen molar-refractivity contribution in [3.63, 3.8) is 0 Å². The summed E-state index contributed by atoms with van der Waals surface area (Å²) in [5, 5.41) is 0. The molecule has 0 aromatic heterocycles. The van der Waals surface area contributed by atoms with Gasteiger partial charge in [-0.1, -0.05) is 42.5 Å². The van der Waals surface area contributed by atoms with E-state index in [2.05, 4.69) is 12.2 Å². The lowest BCUT2D eigenvalue weighted by Gasteiger charge is -2.37. The monoisotopic (exact) mass is 379 g/mol. The first-order valence-corrected chi connectivity index (χ1v) is 9.83. The number of imide groups is 1. The second-order valence-corrected chi connectivity index (χ2v) is 8.18. The maximum absolute atomic E-state index is 12.8. The molecule has 0 spiro atoms. The average molecular weight is 379 g/mol. The van der Waals surface area contributed by atoms with Crippen molar-refractivity contribution in [3.05, 3.63) is 48.0 Å². The van der Waals surface area contributed by atoms with E-state index in [0.717, 1.165) is 6.42 Å². The molecule has 1 aromatic rings. The lowest BCUT2D eigenvalue weighted by atomic mass is 9.63. The van der Waals surface area contributed by atoms with Crippen molar-refractivity contribution in [2.75, 3.05) is 13.2 Å².